The molecule has 2 aromatic rings. The van der Waals surface area contributed by atoms with Gasteiger partial charge in [0.25, 0.3) is 0 Å². The SMILES string of the molecule is Cn1ncnc1CSc1cccc(C(=O)O)c1. The zero-order chi connectivity index (χ0) is 12.3. The van der Waals surface area contributed by atoms with Gasteiger partial charge in [0.05, 0.1) is 11.3 Å². The Morgan fingerprint density at radius 1 is 1.53 bits per heavy atom. The molecule has 6 heteroatoms. The smallest absolute Gasteiger partial charge is 0.335 e. The van der Waals surface area contributed by atoms with Crippen molar-refractivity contribution in [3.63, 3.8) is 0 Å². The lowest BCUT2D eigenvalue weighted by molar-refractivity contribution is 0.0696. The van der Waals surface area contributed by atoms with E-state index in [0.29, 0.717) is 11.3 Å². The van der Waals surface area contributed by atoms with Crippen molar-refractivity contribution in [3.05, 3.63) is 42.0 Å². The van der Waals surface area contributed by atoms with Crippen LogP contribution in [0.4, 0.5) is 0 Å². The zero-order valence-corrected chi connectivity index (χ0v) is 10.0. The van der Waals surface area contributed by atoms with Crippen LogP contribution in [-0.4, -0.2) is 25.8 Å². The van der Waals surface area contributed by atoms with E-state index < -0.39 is 5.97 Å². The van der Waals surface area contributed by atoms with E-state index in [1.54, 1.807) is 22.9 Å². The Morgan fingerprint density at radius 3 is 3.00 bits per heavy atom. The summed E-state index contributed by atoms with van der Waals surface area (Å²) in [6, 6.07) is 6.86. The van der Waals surface area contributed by atoms with Crippen molar-refractivity contribution < 1.29 is 9.90 Å². The second-order valence-corrected chi connectivity index (χ2v) is 4.47. The van der Waals surface area contributed by atoms with E-state index in [1.807, 2.05) is 13.1 Å². The first kappa shape index (κ1) is 11.7. The maximum atomic E-state index is 10.8. The molecule has 0 unspecified atom stereocenters. The highest BCUT2D eigenvalue weighted by Crippen LogP contribution is 2.22. The lowest BCUT2D eigenvalue weighted by Crippen LogP contribution is -1.98. The van der Waals surface area contributed by atoms with E-state index in [2.05, 4.69) is 10.1 Å². The molecule has 1 heterocycles. The number of carboxylic acids is 1. The van der Waals surface area contributed by atoms with Crippen LogP contribution in [0.5, 0.6) is 0 Å². The number of aromatic nitrogens is 3. The quantitative estimate of drug-likeness (QED) is 0.837. The lowest BCUT2D eigenvalue weighted by atomic mass is 10.2. The molecule has 0 saturated carbocycles. The predicted octanol–water partition coefficient (Wildman–Crippen LogP) is 1.81. The second-order valence-electron chi connectivity index (χ2n) is 3.42. The fraction of sp³-hybridized carbons (Fsp3) is 0.182. The van der Waals surface area contributed by atoms with Crippen molar-refractivity contribution in [2.24, 2.45) is 7.05 Å². The van der Waals surface area contributed by atoms with Gasteiger partial charge in [-0.2, -0.15) is 5.10 Å². The Hall–Kier alpha value is -1.82. The number of benzene rings is 1. The average Bonchev–Trinajstić information content (AvgIpc) is 2.72. The summed E-state index contributed by atoms with van der Waals surface area (Å²) in [5, 5.41) is 12.8. The maximum Gasteiger partial charge on any atom is 0.335 e. The molecule has 0 atom stereocenters. The normalized spacial score (nSPS) is 10.4. The molecule has 0 aliphatic carbocycles. The first-order valence-corrected chi connectivity index (χ1v) is 5.94. The number of rotatable bonds is 4. The largest absolute Gasteiger partial charge is 0.478 e. The third-order valence-electron chi connectivity index (χ3n) is 2.25. The fourth-order valence-corrected chi connectivity index (χ4v) is 2.26. The summed E-state index contributed by atoms with van der Waals surface area (Å²) < 4.78 is 1.70. The van der Waals surface area contributed by atoms with Gasteiger partial charge in [-0.1, -0.05) is 6.07 Å². The summed E-state index contributed by atoms with van der Waals surface area (Å²) in [6.07, 6.45) is 1.50. The Bertz CT molecular complexity index is 539. The number of hydrogen-bond acceptors (Lipinski definition) is 4. The van der Waals surface area contributed by atoms with E-state index >= 15 is 0 Å². The van der Waals surface area contributed by atoms with Gasteiger partial charge in [0.15, 0.2) is 0 Å². The van der Waals surface area contributed by atoms with Crippen LogP contribution in [-0.2, 0) is 12.8 Å². The molecule has 17 heavy (non-hydrogen) atoms. The third kappa shape index (κ3) is 2.85. The summed E-state index contributed by atoms with van der Waals surface area (Å²) in [6.45, 7) is 0. The van der Waals surface area contributed by atoms with Gasteiger partial charge >= 0.3 is 5.97 Å². The molecule has 0 saturated heterocycles. The van der Waals surface area contributed by atoms with Crippen molar-refractivity contribution >= 4 is 17.7 Å². The van der Waals surface area contributed by atoms with Crippen LogP contribution in [0.25, 0.3) is 0 Å². The van der Waals surface area contributed by atoms with Gasteiger partial charge in [-0.3, -0.25) is 4.68 Å². The van der Waals surface area contributed by atoms with Gasteiger partial charge in [0.2, 0.25) is 0 Å². The highest BCUT2D eigenvalue weighted by Gasteiger charge is 2.05. The van der Waals surface area contributed by atoms with Crippen LogP contribution < -0.4 is 0 Å². The Labute approximate surface area is 102 Å². The molecule has 1 aromatic carbocycles. The van der Waals surface area contributed by atoms with Gasteiger partial charge < -0.3 is 5.11 Å². The number of carbonyl (C=O) groups is 1. The Morgan fingerprint density at radius 2 is 2.35 bits per heavy atom. The van der Waals surface area contributed by atoms with Gasteiger partial charge in [0, 0.05) is 11.9 Å². The molecule has 1 aromatic heterocycles. The molecule has 0 fully saturated rings. The average molecular weight is 249 g/mol. The molecule has 0 bridgehead atoms. The molecule has 0 aliphatic heterocycles. The summed E-state index contributed by atoms with van der Waals surface area (Å²) in [5.41, 5.74) is 0.299. The van der Waals surface area contributed by atoms with Crippen LogP contribution in [0.2, 0.25) is 0 Å². The summed E-state index contributed by atoms with van der Waals surface area (Å²) >= 11 is 1.54. The molecule has 0 amide bonds. The summed E-state index contributed by atoms with van der Waals surface area (Å²) in [4.78, 5) is 15.8. The van der Waals surface area contributed by atoms with Crippen LogP contribution in [0.3, 0.4) is 0 Å². The van der Waals surface area contributed by atoms with Crippen molar-refractivity contribution in [1.82, 2.24) is 14.8 Å². The molecule has 88 valence electrons. The third-order valence-corrected chi connectivity index (χ3v) is 3.24. The highest BCUT2D eigenvalue weighted by atomic mass is 32.2. The van der Waals surface area contributed by atoms with Crippen LogP contribution in [0.1, 0.15) is 16.2 Å². The molecular formula is C11H11N3O2S. The standard InChI is InChI=1S/C11H11N3O2S/c1-14-10(12-7-13-14)6-17-9-4-2-3-8(5-9)11(15)16/h2-5,7H,6H2,1H3,(H,15,16). The molecule has 0 aliphatic rings. The number of nitrogens with zero attached hydrogens (tertiary/aromatic N) is 3. The van der Waals surface area contributed by atoms with Gasteiger partial charge in [0.1, 0.15) is 12.2 Å². The molecule has 1 N–H and O–H groups in total. The molecule has 5 nitrogen and oxygen atoms in total. The first-order valence-electron chi connectivity index (χ1n) is 4.96. The second kappa shape index (κ2) is 5.01. The number of hydrogen-bond donors (Lipinski definition) is 1. The zero-order valence-electron chi connectivity index (χ0n) is 9.20. The van der Waals surface area contributed by atoms with Crippen molar-refractivity contribution in [1.29, 1.82) is 0 Å². The van der Waals surface area contributed by atoms with Crippen LogP contribution in [0.15, 0.2) is 35.5 Å². The van der Waals surface area contributed by atoms with Gasteiger partial charge in [-0.15, -0.1) is 11.8 Å². The van der Waals surface area contributed by atoms with E-state index in [9.17, 15) is 4.79 Å². The first-order chi connectivity index (χ1) is 8.16. The number of aryl methyl sites for hydroxylation is 1. The van der Waals surface area contributed by atoms with Crippen molar-refractivity contribution in [2.75, 3.05) is 0 Å². The van der Waals surface area contributed by atoms with E-state index in [4.69, 9.17) is 5.11 Å². The number of carboxylic acid groups (broad SMARTS) is 1. The molecule has 0 radical (unpaired) electrons. The molecule has 0 spiro atoms. The van der Waals surface area contributed by atoms with Gasteiger partial charge in [-0.05, 0) is 18.2 Å². The minimum atomic E-state index is -0.911. The molecule has 2 rings (SSSR count). The summed E-state index contributed by atoms with van der Waals surface area (Å²) in [5.74, 6) is 0.612. The van der Waals surface area contributed by atoms with Crippen molar-refractivity contribution in [3.8, 4) is 0 Å². The summed E-state index contributed by atoms with van der Waals surface area (Å²) in [7, 11) is 1.83. The van der Waals surface area contributed by atoms with Crippen molar-refractivity contribution in [2.45, 2.75) is 10.6 Å². The topological polar surface area (TPSA) is 68.0 Å². The van der Waals surface area contributed by atoms with Crippen LogP contribution in [0, 0.1) is 0 Å². The Kier molecular flexibility index (Phi) is 3.43. The maximum absolute atomic E-state index is 10.8. The minimum Gasteiger partial charge on any atom is -0.478 e. The monoisotopic (exact) mass is 249 g/mol. The highest BCUT2D eigenvalue weighted by molar-refractivity contribution is 7.98. The number of aromatic carboxylic acids is 1. The van der Waals surface area contributed by atoms with Gasteiger partial charge in [-0.25, -0.2) is 9.78 Å². The fourth-order valence-electron chi connectivity index (χ4n) is 1.32. The van der Waals surface area contributed by atoms with E-state index in [1.165, 1.54) is 18.1 Å². The molecular weight excluding hydrogens is 238 g/mol. The van der Waals surface area contributed by atoms with E-state index in [0.717, 1.165) is 10.7 Å². The Balaban J connectivity index is 2.07. The minimum absolute atomic E-state index is 0.299. The predicted molar refractivity (Wildman–Crippen MR) is 64.0 cm³/mol. The van der Waals surface area contributed by atoms with Crippen LogP contribution >= 0.6 is 11.8 Å². The lowest BCUT2D eigenvalue weighted by Gasteiger charge is -2.02. The van der Waals surface area contributed by atoms with E-state index in [-0.39, 0.29) is 0 Å². The number of thioether (sulfide) groups is 1.